The van der Waals surface area contributed by atoms with E-state index in [1.165, 1.54) is 6.42 Å². The van der Waals surface area contributed by atoms with E-state index < -0.39 is 5.97 Å². The van der Waals surface area contributed by atoms with Crippen molar-refractivity contribution in [3.05, 3.63) is 0 Å². The summed E-state index contributed by atoms with van der Waals surface area (Å²) in [5.74, 6) is -0.762. The van der Waals surface area contributed by atoms with Crippen LogP contribution in [0.1, 0.15) is 45.4 Å². The molecule has 0 spiro atoms. The van der Waals surface area contributed by atoms with E-state index in [9.17, 15) is 9.90 Å². The monoisotopic (exact) mass is 229 g/mol. The molecule has 1 rings (SSSR count). The standard InChI is InChI=1S/C12H23NO3/c1-2-13(9-8-12(15)16)10-6-4-3-5-7-11(10)14/h10-11,14H,2-9H2,1H3,(H,15,16). The average Bonchev–Trinajstić information content (AvgIpc) is 2.45. The Morgan fingerprint density at radius 3 is 2.62 bits per heavy atom. The molecule has 0 aromatic carbocycles. The second kappa shape index (κ2) is 6.86. The zero-order chi connectivity index (χ0) is 12.0. The van der Waals surface area contributed by atoms with Gasteiger partial charge in [-0.2, -0.15) is 0 Å². The molecule has 0 amide bonds. The third kappa shape index (κ3) is 4.10. The lowest BCUT2D eigenvalue weighted by Crippen LogP contribution is -2.44. The summed E-state index contributed by atoms with van der Waals surface area (Å²) >= 11 is 0. The van der Waals surface area contributed by atoms with Gasteiger partial charge < -0.3 is 10.2 Å². The number of rotatable bonds is 5. The molecule has 2 N–H and O–H groups in total. The first-order valence-corrected chi connectivity index (χ1v) is 6.29. The topological polar surface area (TPSA) is 60.8 Å². The first kappa shape index (κ1) is 13.5. The molecular formula is C12H23NO3. The van der Waals surface area contributed by atoms with Gasteiger partial charge in [-0.15, -0.1) is 0 Å². The maximum Gasteiger partial charge on any atom is 0.304 e. The summed E-state index contributed by atoms with van der Waals surface area (Å²) in [5.41, 5.74) is 0. The zero-order valence-corrected chi connectivity index (χ0v) is 10.1. The van der Waals surface area contributed by atoms with E-state index in [4.69, 9.17) is 5.11 Å². The molecular weight excluding hydrogens is 206 g/mol. The third-order valence-corrected chi connectivity index (χ3v) is 3.43. The predicted octanol–water partition coefficient (Wildman–Crippen LogP) is 1.48. The van der Waals surface area contributed by atoms with Gasteiger partial charge in [0.15, 0.2) is 0 Å². The van der Waals surface area contributed by atoms with Crippen LogP contribution in [0.4, 0.5) is 0 Å². The van der Waals surface area contributed by atoms with Crippen LogP contribution in [0.25, 0.3) is 0 Å². The van der Waals surface area contributed by atoms with Gasteiger partial charge >= 0.3 is 5.97 Å². The molecule has 0 radical (unpaired) electrons. The summed E-state index contributed by atoms with van der Waals surface area (Å²) in [6.07, 6.45) is 5.15. The Balaban J connectivity index is 2.51. The van der Waals surface area contributed by atoms with Crippen molar-refractivity contribution in [1.82, 2.24) is 4.90 Å². The molecule has 0 aliphatic heterocycles. The van der Waals surface area contributed by atoms with Crippen molar-refractivity contribution in [2.24, 2.45) is 0 Å². The van der Waals surface area contributed by atoms with E-state index in [1.54, 1.807) is 0 Å². The number of aliphatic carboxylic acids is 1. The summed E-state index contributed by atoms with van der Waals surface area (Å²) in [5, 5.41) is 18.7. The Bertz CT molecular complexity index is 220. The van der Waals surface area contributed by atoms with Gasteiger partial charge in [-0.05, 0) is 19.4 Å². The van der Waals surface area contributed by atoms with Crippen molar-refractivity contribution in [3.8, 4) is 0 Å². The van der Waals surface area contributed by atoms with E-state index in [0.717, 1.165) is 32.2 Å². The Kier molecular flexibility index (Phi) is 5.77. The lowest BCUT2D eigenvalue weighted by atomic mass is 10.0. The summed E-state index contributed by atoms with van der Waals surface area (Å²) in [6.45, 7) is 3.39. The van der Waals surface area contributed by atoms with E-state index in [2.05, 4.69) is 4.90 Å². The molecule has 1 fully saturated rings. The zero-order valence-electron chi connectivity index (χ0n) is 10.1. The van der Waals surface area contributed by atoms with Crippen LogP contribution in [-0.4, -0.2) is 46.3 Å². The highest BCUT2D eigenvalue weighted by Gasteiger charge is 2.26. The molecule has 0 saturated heterocycles. The minimum atomic E-state index is -0.762. The first-order valence-electron chi connectivity index (χ1n) is 6.29. The molecule has 0 heterocycles. The number of carboxylic acid groups (broad SMARTS) is 1. The molecule has 1 aliphatic carbocycles. The second-order valence-electron chi connectivity index (χ2n) is 4.55. The van der Waals surface area contributed by atoms with Crippen LogP contribution in [0.5, 0.6) is 0 Å². The van der Waals surface area contributed by atoms with Crippen molar-refractivity contribution in [3.63, 3.8) is 0 Å². The summed E-state index contributed by atoms with van der Waals surface area (Å²) in [6, 6.07) is 0.159. The summed E-state index contributed by atoms with van der Waals surface area (Å²) in [7, 11) is 0. The van der Waals surface area contributed by atoms with Gasteiger partial charge in [0.2, 0.25) is 0 Å². The third-order valence-electron chi connectivity index (χ3n) is 3.43. The molecule has 1 aliphatic rings. The van der Waals surface area contributed by atoms with Crippen LogP contribution < -0.4 is 0 Å². The molecule has 94 valence electrons. The fraction of sp³-hybridized carbons (Fsp3) is 0.917. The van der Waals surface area contributed by atoms with Crippen molar-refractivity contribution in [2.45, 2.75) is 57.6 Å². The van der Waals surface area contributed by atoms with E-state index in [1.807, 2.05) is 6.92 Å². The fourth-order valence-electron chi connectivity index (χ4n) is 2.49. The number of carboxylic acids is 1. The van der Waals surface area contributed by atoms with Crippen LogP contribution in [0.3, 0.4) is 0 Å². The van der Waals surface area contributed by atoms with Crippen molar-refractivity contribution in [2.75, 3.05) is 13.1 Å². The highest BCUT2D eigenvalue weighted by molar-refractivity contribution is 5.66. The van der Waals surface area contributed by atoms with Crippen LogP contribution in [0, 0.1) is 0 Å². The van der Waals surface area contributed by atoms with Crippen LogP contribution >= 0.6 is 0 Å². The first-order chi connectivity index (χ1) is 7.65. The Morgan fingerprint density at radius 1 is 1.31 bits per heavy atom. The molecule has 0 aromatic rings. The summed E-state index contributed by atoms with van der Waals surface area (Å²) in [4.78, 5) is 12.7. The van der Waals surface area contributed by atoms with Crippen molar-refractivity contribution < 1.29 is 15.0 Å². The fourth-order valence-corrected chi connectivity index (χ4v) is 2.49. The Labute approximate surface area is 97.3 Å². The Hall–Kier alpha value is -0.610. The number of aliphatic hydroxyl groups excluding tert-OH is 1. The van der Waals surface area contributed by atoms with Crippen molar-refractivity contribution >= 4 is 5.97 Å². The maximum absolute atomic E-state index is 10.6. The largest absolute Gasteiger partial charge is 0.481 e. The SMILES string of the molecule is CCN(CCC(=O)O)C1CCCCCC1O. The highest BCUT2D eigenvalue weighted by atomic mass is 16.4. The number of hydrogen-bond acceptors (Lipinski definition) is 3. The molecule has 0 aromatic heterocycles. The van der Waals surface area contributed by atoms with Gasteiger partial charge in [-0.1, -0.05) is 26.2 Å². The normalized spacial score (nSPS) is 26.7. The lowest BCUT2D eigenvalue weighted by Gasteiger charge is -2.32. The average molecular weight is 229 g/mol. The maximum atomic E-state index is 10.6. The minimum absolute atomic E-state index is 0.159. The number of nitrogens with zero attached hydrogens (tertiary/aromatic N) is 1. The second-order valence-corrected chi connectivity index (χ2v) is 4.55. The number of hydrogen-bond donors (Lipinski definition) is 2. The van der Waals surface area contributed by atoms with Gasteiger partial charge in [-0.25, -0.2) is 0 Å². The van der Waals surface area contributed by atoms with Gasteiger partial charge in [0.1, 0.15) is 0 Å². The molecule has 1 saturated carbocycles. The van der Waals surface area contributed by atoms with E-state index >= 15 is 0 Å². The molecule has 2 atom stereocenters. The Morgan fingerprint density at radius 2 is 2.00 bits per heavy atom. The van der Waals surface area contributed by atoms with Gasteiger partial charge in [0.25, 0.3) is 0 Å². The molecule has 4 nitrogen and oxygen atoms in total. The quantitative estimate of drug-likeness (QED) is 0.701. The number of likely N-dealkylation sites (N-methyl/N-ethyl adjacent to an activating group) is 1. The molecule has 16 heavy (non-hydrogen) atoms. The van der Waals surface area contributed by atoms with Crippen molar-refractivity contribution in [1.29, 1.82) is 0 Å². The van der Waals surface area contributed by atoms with Gasteiger partial charge in [-0.3, -0.25) is 9.69 Å². The van der Waals surface area contributed by atoms with E-state index in [0.29, 0.717) is 6.54 Å². The molecule has 0 bridgehead atoms. The van der Waals surface area contributed by atoms with Crippen LogP contribution in [-0.2, 0) is 4.79 Å². The van der Waals surface area contributed by atoms with Gasteiger partial charge in [0, 0.05) is 12.6 Å². The number of aliphatic hydroxyl groups is 1. The predicted molar refractivity (Wildman–Crippen MR) is 62.4 cm³/mol. The minimum Gasteiger partial charge on any atom is -0.481 e. The van der Waals surface area contributed by atoms with Crippen LogP contribution in [0.2, 0.25) is 0 Å². The smallest absolute Gasteiger partial charge is 0.304 e. The van der Waals surface area contributed by atoms with E-state index in [-0.39, 0.29) is 18.6 Å². The highest BCUT2D eigenvalue weighted by Crippen LogP contribution is 2.22. The molecule has 4 heteroatoms. The molecule has 2 unspecified atom stereocenters. The lowest BCUT2D eigenvalue weighted by molar-refractivity contribution is -0.137. The summed E-state index contributed by atoms with van der Waals surface area (Å²) < 4.78 is 0. The number of carbonyl (C=O) groups is 1. The van der Waals surface area contributed by atoms with Crippen LogP contribution in [0.15, 0.2) is 0 Å². The van der Waals surface area contributed by atoms with Gasteiger partial charge in [0.05, 0.1) is 12.5 Å².